The number of hydrogen-bond donors (Lipinski definition) is 1. The van der Waals surface area contributed by atoms with Crippen molar-refractivity contribution in [1.29, 1.82) is 0 Å². The van der Waals surface area contributed by atoms with Gasteiger partial charge in [0.1, 0.15) is 0 Å². The van der Waals surface area contributed by atoms with Crippen LogP contribution < -0.4 is 10.5 Å². The first-order valence-electron chi connectivity index (χ1n) is 10.0. The lowest BCUT2D eigenvalue weighted by molar-refractivity contribution is -0.274. The third-order valence-electron chi connectivity index (χ3n) is 5.79. The van der Waals surface area contributed by atoms with E-state index in [2.05, 4.69) is 16.6 Å². The Kier molecular flexibility index (Phi) is 5.89. The van der Waals surface area contributed by atoms with Crippen molar-refractivity contribution in [2.24, 2.45) is 11.8 Å². The van der Waals surface area contributed by atoms with Crippen LogP contribution in [0.5, 0.6) is 5.75 Å². The Labute approximate surface area is 177 Å². The van der Waals surface area contributed by atoms with Crippen LogP contribution in [0.4, 0.5) is 19.0 Å². The highest BCUT2D eigenvalue weighted by molar-refractivity contribution is 7.93. The van der Waals surface area contributed by atoms with Crippen molar-refractivity contribution in [1.82, 2.24) is 14.8 Å². The highest BCUT2D eigenvalue weighted by Gasteiger charge is 2.37. The van der Waals surface area contributed by atoms with Crippen molar-refractivity contribution in [2.45, 2.75) is 57.5 Å². The summed E-state index contributed by atoms with van der Waals surface area (Å²) < 4.78 is 49.9. The Morgan fingerprint density at radius 3 is 2.70 bits per heavy atom. The number of rotatable bonds is 7. The highest BCUT2D eigenvalue weighted by atomic mass is 32.2. The number of anilines is 1. The van der Waals surface area contributed by atoms with Gasteiger partial charge in [-0.05, 0) is 61.7 Å². The SMILES string of the molecule is CSOC1CC(C)C(c2cc(-c3cnc(N)c(OC(F)(F)F)c3)nn2CC2CC2)C1. The van der Waals surface area contributed by atoms with Crippen LogP contribution >= 0.6 is 12.0 Å². The topological polar surface area (TPSA) is 75.2 Å². The molecule has 3 atom stereocenters. The van der Waals surface area contributed by atoms with Gasteiger partial charge in [-0.2, -0.15) is 5.10 Å². The Bertz CT molecular complexity index is 901. The number of aromatic nitrogens is 3. The van der Waals surface area contributed by atoms with E-state index >= 15 is 0 Å². The monoisotopic (exact) mass is 442 g/mol. The molecular weight excluding hydrogens is 417 g/mol. The summed E-state index contributed by atoms with van der Waals surface area (Å²) in [4.78, 5) is 3.88. The molecule has 6 nitrogen and oxygen atoms in total. The number of pyridine rings is 1. The molecule has 0 saturated heterocycles. The maximum atomic E-state index is 12.7. The standard InChI is InChI=1S/C20H25F3N4O2S/c1-11-5-14(29-30-2)7-15(11)17-8-16(26-27(17)10-12-3-4-12)13-6-18(19(24)25-9-13)28-20(21,22)23/h6,8-9,11-12,14-15H,3-5,7,10H2,1-2H3,(H2,24,25). The molecule has 0 amide bonds. The van der Waals surface area contributed by atoms with Gasteiger partial charge < -0.3 is 14.7 Å². The molecule has 0 aromatic carbocycles. The van der Waals surface area contributed by atoms with E-state index in [1.165, 1.54) is 37.1 Å². The number of nitrogens with two attached hydrogens (primary N) is 1. The van der Waals surface area contributed by atoms with Crippen LogP contribution in [-0.2, 0) is 10.7 Å². The molecule has 30 heavy (non-hydrogen) atoms. The Hall–Kier alpha value is -1.94. The summed E-state index contributed by atoms with van der Waals surface area (Å²) in [5.41, 5.74) is 7.69. The second-order valence-electron chi connectivity index (χ2n) is 8.18. The molecule has 2 N–H and O–H groups in total. The smallest absolute Gasteiger partial charge is 0.402 e. The first-order chi connectivity index (χ1) is 14.2. The number of halogens is 3. The van der Waals surface area contributed by atoms with Crippen molar-refractivity contribution in [3.05, 3.63) is 24.0 Å². The molecule has 2 aliphatic rings. The van der Waals surface area contributed by atoms with Crippen LogP contribution in [-0.4, -0.2) is 33.5 Å². The molecule has 2 aromatic heterocycles. The average molecular weight is 443 g/mol. The Morgan fingerprint density at radius 2 is 2.03 bits per heavy atom. The fourth-order valence-corrected chi connectivity index (χ4v) is 4.61. The summed E-state index contributed by atoms with van der Waals surface area (Å²) in [6, 6.07) is 3.22. The maximum Gasteiger partial charge on any atom is 0.573 e. The predicted octanol–water partition coefficient (Wildman–Crippen LogP) is 5.01. The molecule has 10 heteroatoms. The molecular formula is C20H25F3N4O2S. The molecule has 0 aliphatic heterocycles. The Morgan fingerprint density at radius 1 is 1.27 bits per heavy atom. The van der Waals surface area contributed by atoms with Crippen molar-refractivity contribution >= 4 is 17.9 Å². The largest absolute Gasteiger partial charge is 0.573 e. The molecule has 2 heterocycles. The first kappa shape index (κ1) is 21.3. The summed E-state index contributed by atoms with van der Waals surface area (Å²) in [6.45, 7) is 3.03. The third-order valence-corrected chi connectivity index (χ3v) is 6.26. The number of hydrogen-bond acceptors (Lipinski definition) is 6. The fraction of sp³-hybridized carbons (Fsp3) is 0.600. The molecule has 0 radical (unpaired) electrons. The number of ether oxygens (including phenoxy) is 1. The fourth-order valence-electron chi connectivity index (χ4n) is 4.18. The summed E-state index contributed by atoms with van der Waals surface area (Å²) in [5, 5.41) is 4.73. The summed E-state index contributed by atoms with van der Waals surface area (Å²) in [5.74, 6) is 0.504. The van der Waals surface area contributed by atoms with Gasteiger partial charge in [0.25, 0.3) is 0 Å². The van der Waals surface area contributed by atoms with Crippen LogP contribution in [0, 0.1) is 11.8 Å². The second-order valence-corrected chi connectivity index (χ2v) is 8.70. The third kappa shape index (κ3) is 4.85. The summed E-state index contributed by atoms with van der Waals surface area (Å²) >= 11 is 1.38. The van der Waals surface area contributed by atoms with Crippen molar-refractivity contribution in [3.63, 3.8) is 0 Å². The Balaban J connectivity index is 1.66. The lowest BCUT2D eigenvalue weighted by Gasteiger charge is -2.17. The van der Waals surface area contributed by atoms with E-state index in [4.69, 9.17) is 15.0 Å². The van der Waals surface area contributed by atoms with E-state index in [1.807, 2.05) is 17.0 Å². The van der Waals surface area contributed by atoms with Crippen LogP contribution in [0.3, 0.4) is 0 Å². The van der Waals surface area contributed by atoms with E-state index in [0.29, 0.717) is 23.1 Å². The van der Waals surface area contributed by atoms with E-state index in [9.17, 15) is 13.2 Å². The minimum Gasteiger partial charge on any atom is -0.402 e. The van der Waals surface area contributed by atoms with Gasteiger partial charge >= 0.3 is 6.36 Å². The average Bonchev–Trinajstić information content (AvgIpc) is 3.26. The van der Waals surface area contributed by atoms with E-state index in [0.717, 1.165) is 25.1 Å². The normalized spacial score (nSPS) is 24.4. The zero-order valence-corrected chi connectivity index (χ0v) is 17.7. The highest BCUT2D eigenvalue weighted by Crippen LogP contribution is 2.44. The maximum absolute atomic E-state index is 12.7. The lowest BCUT2D eigenvalue weighted by atomic mass is 9.94. The summed E-state index contributed by atoms with van der Waals surface area (Å²) in [6.07, 6.45) is 2.95. The van der Waals surface area contributed by atoms with Gasteiger partial charge in [0.05, 0.1) is 11.8 Å². The van der Waals surface area contributed by atoms with Crippen LogP contribution in [0.1, 0.15) is 44.2 Å². The molecule has 3 unspecified atom stereocenters. The van der Waals surface area contributed by atoms with Gasteiger partial charge in [-0.3, -0.25) is 4.68 Å². The number of alkyl halides is 3. The molecule has 2 aromatic rings. The van der Waals surface area contributed by atoms with Gasteiger partial charge in [0, 0.05) is 36.2 Å². The molecule has 2 saturated carbocycles. The van der Waals surface area contributed by atoms with Crippen LogP contribution in [0.15, 0.2) is 18.3 Å². The van der Waals surface area contributed by atoms with E-state index < -0.39 is 12.1 Å². The zero-order valence-electron chi connectivity index (χ0n) is 16.9. The van der Waals surface area contributed by atoms with Crippen LogP contribution in [0.25, 0.3) is 11.3 Å². The zero-order chi connectivity index (χ0) is 21.5. The van der Waals surface area contributed by atoms with Gasteiger partial charge in [0.2, 0.25) is 0 Å². The second kappa shape index (κ2) is 8.30. The van der Waals surface area contributed by atoms with Crippen LogP contribution in [0.2, 0.25) is 0 Å². The van der Waals surface area contributed by atoms with Crippen molar-refractivity contribution < 1.29 is 22.1 Å². The predicted molar refractivity (Wildman–Crippen MR) is 109 cm³/mol. The quantitative estimate of drug-likeness (QED) is 0.608. The molecule has 0 bridgehead atoms. The number of nitrogen functional groups attached to an aromatic ring is 1. The van der Waals surface area contributed by atoms with E-state index in [-0.39, 0.29) is 17.8 Å². The van der Waals surface area contributed by atoms with Crippen molar-refractivity contribution in [2.75, 3.05) is 12.0 Å². The minimum atomic E-state index is -4.84. The summed E-state index contributed by atoms with van der Waals surface area (Å²) in [7, 11) is 0. The lowest BCUT2D eigenvalue weighted by Crippen LogP contribution is -2.18. The number of nitrogens with zero attached hydrogens (tertiary/aromatic N) is 3. The first-order valence-corrected chi connectivity index (χ1v) is 11.2. The molecule has 2 aliphatic carbocycles. The van der Waals surface area contributed by atoms with Crippen molar-refractivity contribution in [3.8, 4) is 17.0 Å². The van der Waals surface area contributed by atoms with Gasteiger partial charge in [-0.15, -0.1) is 13.2 Å². The molecule has 0 spiro atoms. The van der Waals surface area contributed by atoms with Gasteiger partial charge in [0.15, 0.2) is 11.6 Å². The van der Waals surface area contributed by atoms with Gasteiger partial charge in [-0.1, -0.05) is 6.92 Å². The van der Waals surface area contributed by atoms with E-state index in [1.54, 1.807) is 0 Å². The molecule has 2 fully saturated rings. The van der Waals surface area contributed by atoms with Gasteiger partial charge in [-0.25, -0.2) is 4.98 Å². The minimum absolute atomic E-state index is 0.192. The molecule has 4 rings (SSSR count). The molecule has 164 valence electrons.